The second-order valence-electron chi connectivity index (χ2n) is 9.28. The molecule has 1 heterocycles. The van der Waals surface area contributed by atoms with E-state index in [0.717, 1.165) is 19.3 Å². The molecule has 9 heteroatoms. The normalized spacial score (nSPS) is 17.2. The van der Waals surface area contributed by atoms with E-state index in [2.05, 4.69) is 5.64 Å². The van der Waals surface area contributed by atoms with E-state index in [0.29, 0.717) is 42.4 Å². The number of carbonyl (C=O) groups excluding carboxylic acids is 1. The van der Waals surface area contributed by atoms with Crippen molar-refractivity contribution >= 4 is 23.2 Å². The number of halogens is 3. The highest BCUT2D eigenvalue weighted by Crippen LogP contribution is 2.39. The summed E-state index contributed by atoms with van der Waals surface area (Å²) in [6, 6.07) is 16.9. The van der Waals surface area contributed by atoms with Gasteiger partial charge in [-0.25, -0.2) is 8.78 Å². The van der Waals surface area contributed by atoms with Crippen LogP contribution in [0.3, 0.4) is 0 Å². The van der Waals surface area contributed by atoms with Gasteiger partial charge in [0.25, 0.3) is 5.91 Å². The minimum atomic E-state index is -0.905. The van der Waals surface area contributed by atoms with Gasteiger partial charge in [0.2, 0.25) is 0 Å². The fraction of sp³-hybridized carbons (Fsp3) is 0.321. The zero-order valence-electron chi connectivity index (χ0n) is 20.1. The minimum Gasteiger partial charge on any atom is -0.383 e. The van der Waals surface area contributed by atoms with Gasteiger partial charge in [-0.05, 0) is 85.1 Å². The third-order valence-corrected chi connectivity index (χ3v) is 7.23. The Bertz CT molecular complexity index is 1250. The van der Waals surface area contributed by atoms with Crippen LogP contribution in [0.5, 0.6) is 5.75 Å². The fourth-order valence-electron chi connectivity index (χ4n) is 4.67. The van der Waals surface area contributed by atoms with E-state index in [1.54, 1.807) is 42.5 Å². The van der Waals surface area contributed by atoms with Crippen LogP contribution in [-0.2, 0) is 15.2 Å². The van der Waals surface area contributed by atoms with Crippen molar-refractivity contribution in [3.63, 3.8) is 0 Å². The molecule has 1 amide bonds. The highest BCUT2D eigenvalue weighted by Gasteiger charge is 2.39. The lowest BCUT2D eigenvalue weighted by Gasteiger charge is -2.39. The van der Waals surface area contributed by atoms with E-state index in [4.69, 9.17) is 26.0 Å². The highest BCUT2D eigenvalue weighted by molar-refractivity contribution is 6.30. The zero-order chi connectivity index (χ0) is 25.8. The summed E-state index contributed by atoms with van der Waals surface area (Å²) in [6.45, 7) is 0.858. The molecule has 1 saturated carbocycles. The molecule has 1 N–H and O–H groups in total. The molecule has 5 rings (SSSR count). The lowest BCUT2D eigenvalue weighted by molar-refractivity contribution is -0.226. The second-order valence-corrected chi connectivity index (χ2v) is 9.72. The molecule has 0 unspecified atom stereocenters. The number of rotatable bonds is 8. The lowest BCUT2D eigenvalue weighted by atomic mass is 9.85. The Labute approximate surface area is 219 Å². The maximum absolute atomic E-state index is 15.7. The minimum absolute atomic E-state index is 0.140. The molecule has 3 aromatic rings. The van der Waals surface area contributed by atoms with Crippen LogP contribution in [0.15, 0.2) is 66.7 Å². The van der Waals surface area contributed by atoms with Gasteiger partial charge in [-0.1, -0.05) is 23.7 Å². The number of benzene rings is 3. The summed E-state index contributed by atoms with van der Waals surface area (Å²) in [4.78, 5) is 26.3. The molecule has 1 aliphatic heterocycles. The fourth-order valence-corrected chi connectivity index (χ4v) is 4.79. The Morgan fingerprint density at radius 1 is 1.03 bits per heavy atom. The molecule has 0 aromatic heterocycles. The number of hydrogen-bond acceptors (Lipinski definition) is 5. The van der Waals surface area contributed by atoms with Crippen molar-refractivity contribution in [3.8, 4) is 5.75 Å². The third-order valence-electron chi connectivity index (χ3n) is 6.97. The Morgan fingerprint density at radius 2 is 1.78 bits per heavy atom. The molecule has 2 aliphatic rings. The molecule has 0 bridgehead atoms. The van der Waals surface area contributed by atoms with Crippen molar-refractivity contribution in [1.29, 1.82) is 0 Å². The van der Waals surface area contributed by atoms with Crippen LogP contribution < -0.4 is 15.4 Å². The smallest absolute Gasteiger partial charge is 0.258 e. The maximum Gasteiger partial charge on any atom is 0.258 e. The predicted octanol–water partition coefficient (Wildman–Crippen LogP) is 6.34. The van der Waals surface area contributed by atoms with E-state index in [-0.39, 0.29) is 17.3 Å². The first-order chi connectivity index (χ1) is 17.9. The van der Waals surface area contributed by atoms with Gasteiger partial charge in [-0.15, -0.1) is 0 Å². The Kier molecular flexibility index (Phi) is 7.71. The van der Waals surface area contributed by atoms with Gasteiger partial charge in [-0.3, -0.25) is 9.63 Å². The van der Waals surface area contributed by atoms with E-state index < -0.39 is 23.1 Å². The molecule has 0 spiro atoms. The highest BCUT2D eigenvalue weighted by atomic mass is 35.5. The lowest BCUT2D eigenvalue weighted by Crippen LogP contribution is -2.45. The summed E-state index contributed by atoms with van der Waals surface area (Å²) in [6.07, 6.45) is 3.42. The van der Waals surface area contributed by atoms with Crippen LogP contribution in [0.2, 0.25) is 5.02 Å². The molecule has 2 fully saturated rings. The van der Waals surface area contributed by atoms with Gasteiger partial charge in [0.05, 0.1) is 5.69 Å². The molecular formula is C28H27ClF2N2O4. The van der Waals surface area contributed by atoms with Gasteiger partial charge in [0.15, 0.2) is 0 Å². The number of carbonyl (C=O) groups is 1. The summed E-state index contributed by atoms with van der Waals surface area (Å²) in [7, 11) is 0. The van der Waals surface area contributed by atoms with Crippen LogP contribution in [0.25, 0.3) is 0 Å². The van der Waals surface area contributed by atoms with Crippen LogP contribution >= 0.6 is 11.6 Å². The van der Waals surface area contributed by atoms with E-state index in [1.807, 2.05) is 0 Å². The molecule has 0 atom stereocenters. The Balaban J connectivity index is 1.40. The van der Waals surface area contributed by atoms with Crippen molar-refractivity contribution in [2.45, 2.75) is 43.7 Å². The van der Waals surface area contributed by atoms with Gasteiger partial charge in [-0.2, -0.15) is 0 Å². The van der Waals surface area contributed by atoms with Crippen molar-refractivity contribution in [2.75, 3.05) is 18.1 Å². The van der Waals surface area contributed by atoms with Crippen LogP contribution in [0.4, 0.5) is 14.5 Å². The van der Waals surface area contributed by atoms with Crippen molar-refractivity contribution < 1.29 is 28.0 Å². The SMILES string of the molecule is O=C(c1cccc(F)c1)N(c1ccc(C2(ONOc3ccc(Cl)cc3)CCOCC2)cc1F)C1CCC1. The zero-order valence-corrected chi connectivity index (χ0v) is 20.8. The standard InChI is InChI=1S/C28H27ClF2N2O4/c29-21-8-10-24(11-9-21)36-32-37-28(13-15-35-16-14-28)20-7-12-26(25(31)18-20)33(23-5-2-6-23)27(34)19-3-1-4-22(30)17-19/h1,3-4,7-12,17-18,23,32H,2,5-6,13-16H2. The monoisotopic (exact) mass is 528 g/mol. The van der Waals surface area contributed by atoms with Crippen molar-refractivity contribution in [1.82, 2.24) is 5.64 Å². The maximum atomic E-state index is 15.7. The first kappa shape index (κ1) is 25.6. The molecule has 0 radical (unpaired) electrons. The van der Waals surface area contributed by atoms with E-state index >= 15 is 4.39 Å². The number of hydrogen-bond donors (Lipinski definition) is 1. The van der Waals surface area contributed by atoms with Gasteiger partial charge in [0.1, 0.15) is 23.0 Å². The molecule has 1 saturated heterocycles. The van der Waals surface area contributed by atoms with Gasteiger partial charge >= 0.3 is 0 Å². The summed E-state index contributed by atoms with van der Waals surface area (Å²) >= 11 is 5.92. The summed E-state index contributed by atoms with van der Waals surface area (Å²) in [5.41, 5.74) is 2.58. The quantitative estimate of drug-likeness (QED) is 0.346. The molecule has 37 heavy (non-hydrogen) atoms. The predicted molar refractivity (Wildman–Crippen MR) is 135 cm³/mol. The average Bonchev–Trinajstić information content (AvgIpc) is 2.88. The topological polar surface area (TPSA) is 60.0 Å². The summed E-state index contributed by atoms with van der Waals surface area (Å²) in [5, 5.41) is 0.580. The first-order valence-electron chi connectivity index (χ1n) is 12.3. The van der Waals surface area contributed by atoms with E-state index in [1.165, 1.54) is 29.2 Å². The Morgan fingerprint density at radius 3 is 2.43 bits per heavy atom. The molecule has 3 aromatic carbocycles. The van der Waals surface area contributed by atoms with Crippen LogP contribution in [-0.4, -0.2) is 25.2 Å². The number of anilines is 1. The summed E-state index contributed by atoms with van der Waals surface area (Å²) < 4.78 is 35.0. The van der Waals surface area contributed by atoms with Crippen LogP contribution in [0.1, 0.15) is 48.0 Å². The van der Waals surface area contributed by atoms with E-state index in [9.17, 15) is 9.18 Å². The third kappa shape index (κ3) is 5.62. The van der Waals surface area contributed by atoms with Crippen LogP contribution in [0, 0.1) is 11.6 Å². The number of ether oxygens (including phenoxy) is 1. The number of nitrogens with one attached hydrogen (secondary N) is 1. The summed E-state index contributed by atoms with van der Waals surface area (Å²) in [5.74, 6) is -0.990. The molecule has 1 aliphatic carbocycles. The molecule has 194 valence electrons. The molecular weight excluding hydrogens is 502 g/mol. The number of nitrogens with zero attached hydrogens (tertiary/aromatic N) is 1. The first-order valence-corrected chi connectivity index (χ1v) is 12.7. The second kappa shape index (κ2) is 11.1. The van der Waals surface area contributed by atoms with Crippen molar-refractivity contribution in [2.24, 2.45) is 0 Å². The van der Waals surface area contributed by atoms with Gasteiger partial charge < -0.3 is 14.5 Å². The van der Waals surface area contributed by atoms with Crippen molar-refractivity contribution in [3.05, 3.63) is 94.5 Å². The Hall–Kier alpha value is -3.04. The average molecular weight is 529 g/mol. The number of amides is 1. The van der Waals surface area contributed by atoms with Gasteiger partial charge in [0, 0.05) is 42.7 Å². The molecule has 6 nitrogen and oxygen atoms in total. The largest absolute Gasteiger partial charge is 0.383 e.